The van der Waals surface area contributed by atoms with Crippen LogP contribution in [0.15, 0.2) is 40.2 Å². The number of carboxylic acid groups (broad SMARTS) is 5. The topological polar surface area (TPSA) is 538 Å². The summed E-state index contributed by atoms with van der Waals surface area (Å²) >= 11 is 3.79. The number of aliphatic imine (C=N–C) groups is 1. The number of aromatic nitrogens is 4. The number of fused-ring (bicyclic) bond motifs is 1. The highest BCUT2D eigenvalue weighted by Gasteiger charge is 2.35. The fourth-order valence-electron chi connectivity index (χ4n) is 6.34. The van der Waals surface area contributed by atoms with Gasteiger partial charge in [-0.05, 0) is 37.0 Å². The van der Waals surface area contributed by atoms with Crippen LogP contribution in [0, 0.1) is 0 Å². The molecule has 0 spiro atoms. The van der Waals surface area contributed by atoms with E-state index in [0.29, 0.717) is 11.4 Å². The van der Waals surface area contributed by atoms with Crippen molar-refractivity contribution in [3.63, 3.8) is 0 Å². The summed E-state index contributed by atoms with van der Waals surface area (Å²) in [6, 6.07) is -5.07. The lowest BCUT2D eigenvalue weighted by atomic mass is 10.1. The molecule has 32 nitrogen and oxygen atoms in total. The highest BCUT2D eigenvalue weighted by molar-refractivity contribution is 7.80. The maximum Gasteiger partial charge on any atom is 0.327 e. The molecule has 73 heavy (non-hydrogen) atoms. The molecule has 0 aliphatic rings. The second-order valence-electron chi connectivity index (χ2n) is 15.6. The van der Waals surface area contributed by atoms with Gasteiger partial charge in [0.1, 0.15) is 42.5 Å². The summed E-state index contributed by atoms with van der Waals surface area (Å²) in [6.07, 6.45) is -5.33. The molecule has 0 radical (unpaired) electrons. The first-order chi connectivity index (χ1) is 34.4. The lowest BCUT2D eigenvalue weighted by Crippen LogP contribution is -2.59. The van der Waals surface area contributed by atoms with Gasteiger partial charge < -0.3 is 79.7 Å². The van der Waals surface area contributed by atoms with Gasteiger partial charge in [0, 0.05) is 24.4 Å². The largest absolute Gasteiger partial charge is 0.481 e. The standard InChI is InChI=1S/C40H53N15O17S/c41-39(42)44-9-1-2-19(32(64)51-22(11-27(59)60)34(66)52-23(12-28(61)62)35(67)53-24(15-73)38(71)72)49-33(65)21(10-26(57)58)48-25(56)8-7-20(37(69)70)50-31(63)16-3-5-17(6-4-16)45-13-18-14-46-30-29(47-18)36(68)55-40(43)54-30/h3-6,14,19-24,31,45,50,63,73H,1-2,7-13,15H2,(H,48,56)(H,49,65)(H,51,64)(H,52,66)(H,53,67)(H,57,58)(H,59,60)(H,61,62)(H,69,70)(H,71,72)(H4,41,42,44)(H3,43,46,54,55,68). The molecule has 5 amide bonds. The Balaban J connectivity index is 1.71. The fourth-order valence-corrected chi connectivity index (χ4v) is 6.59. The number of rotatable bonds is 31. The number of nitrogens with two attached hydrogens (primary N) is 3. The Morgan fingerprint density at radius 2 is 1.19 bits per heavy atom. The Morgan fingerprint density at radius 3 is 1.70 bits per heavy atom. The maximum atomic E-state index is 13.7. The summed E-state index contributed by atoms with van der Waals surface area (Å²) in [5.41, 5.74) is 16.7. The number of amides is 5. The van der Waals surface area contributed by atoms with E-state index in [0.717, 1.165) is 0 Å². The molecule has 7 unspecified atom stereocenters. The number of carbonyl (C=O) groups is 10. The van der Waals surface area contributed by atoms with E-state index in [9.17, 15) is 83.4 Å². The van der Waals surface area contributed by atoms with E-state index in [1.807, 2.05) is 10.6 Å². The molecule has 0 bridgehead atoms. The number of aromatic amines is 1. The summed E-state index contributed by atoms with van der Waals surface area (Å²) in [5, 5.41) is 74.3. The summed E-state index contributed by atoms with van der Waals surface area (Å²) in [7, 11) is 0. The van der Waals surface area contributed by atoms with E-state index in [4.69, 9.17) is 17.2 Å². The van der Waals surface area contributed by atoms with Crippen LogP contribution in [-0.2, 0) is 54.5 Å². The van der Waals surface area contributed by atoms with Gasteiger partial charge in [-0.2, -0.15) is 17.6 Å². The second-order valence-corrected chi connectivity index (χ2v) is 16.0. The third-order valence-corrected chi connectivity index (χ3v) is 10.3. The van der Waals surface area contributed by atoms with Crippen LogP contribution in [0.1, 0.15) is 62.4 Å². The number of thiol groups is 1. The maximum absolute atomic E-state index is 13.7. The van der Waals surface area contributed by atoms with Crippen molar-refractivity contribution in [2.24, 2.45) is 16.5 Å². The first-order valence-corrected chi connectivity index (χ1v) is 22.1. The molecule has 33 heteroatoms. The predicted molar refractivity (Wildman–Crippen MR) is 253 cm³/mol. The van der Waals surface area contributed by atoms with Crippen molar-refractivity contribution >= 4 is 101 Å². The van der Waals surface area contributed by atoms with Crippen LogP contribution >= 0.6 is 12.6 Å². The van der Waals surface area contributed by atoms with E-state index in [-0.39, 0.29) is 54.6 Å². The molecule has 20 N–H and O–H groups in total. The van der Waals surface area contributed by atoms with Crippen LogP contribution in [0.5, 0.6) is 0 Å². The number of hydrogen-bond acceptors (Lipinski definition) is 20. The van der Waals surface area contributed by atoms with Crippen LogP contribution in [0.4, 0.5) is 11.6 Å². The first-order valence-electron chi connectivity index (χ1n) is 21.4. The van der Waals surface area contributed by atoms with Crippen LogP contribution in [0.25, 0.3) is 11.2 Å². The predicted octanol–water partition coefficient (Wildman–Crippen LogP) is -5.36. The smallest absolute Gasteiger partial charge is 0.327 e. The van der Waals surface area contributed by atoms with Gasteiger partial charge >= 0.3 is 29.8 Å². The number of aliphatic carboxylic acids is 5. The number of nitrogens with one attached hydrogen (secondary N) is 8. The number of carboxylic acids is 5. The van der Waals surface area contributed by atoms with Crippen molar-refractivity contribution in [3.05, 3.63) is 52.1 Å². The van der Waals surface area contributed by atoms with Crippen molar-refractivity contribution in [2.75, 3.05) is 23.3 Å². The fraction of sp³-hybridized carbons (Fsp3) is 0.425. The van der Waals surface area contributed by atoms with Crippen molar-refractivity contribution in [2.45, 2.75) is 94.0 Å². The molecule has 396 valence electrons. The minimum atomic E-state index is -2.09. The molecule has 1 aromatic carbocycles. The molecule has 3 aromatic rings. The molecule has 0 saturated carbocycles. The van der Waals surface area contributed by atoms with Gasteiger partial charge in [0.05, 0.1) is 37.7 Å². The third kappa shape index (κ3) is 19.9. The second kappa shape index (κ2) is 28.2. The van der Waals surface area contributed by atoms with Crippen molar-refractivity contribution in [3.8, 4) is 0 Å². The monoisotopic (exact) mass is 1050 g/mol. The molecule has 3 rings (SSSR count). The molecule has 2 heterocycles. The number of hydrogen-bond donors (Lipinski definition) is 18. The Labute approximate surface area is 416 Å². The van der Waals surface area contributed by atoms with Crippen LogP contribution in [0.2, 0.25) is 0 Å². The van der Waals surface area contributed by atoms with Gasteiger partial charge in [0.2, 0.25) is 35.5 Å². The Hall–Kier alpha value is -8.72. The van der Waals surface area contributed by atoms with Gasteiger partial charge in [-0.1, -0.05) is 12.1 Å². The molecule has 7 atom stereocenters. The quantitative estimate of drug-likeness (QED) is 0.00940. The minimum absolute atomic E-state index is 0.0305. The van der Waals surface area contributed by atoms with Crippen molar-refractivity contribution in [1.29, 1.82) is 0 Å². The number of anilines is 2. The van der Waals surface area contributed by atoms with Crippen LogP contribution in [-0.4, -0.2) is 164 Å². The number of guanidine groups is 1. The summed E-state index contributed by atoms with van der Waals surface area (Å²) < 4.78 is 0. The number of nitrogen functional groups attached to an aromatic ring is 1. The number of benzene rings is 1. The minimum Gasteiger partial charge on any atom is -0.481 e. The highest BCUT2D eigenvalue weighted by atomic mass is 32.1. The van der Waals surface area contributed by atoms with Gasteiger partial charge in [-0.3, -0.25) is 63.2 Å². The summed E-state index contributed by atoms with van der Waals surface area (Å²) in [5.74, 6) is -15.4. The van der Waals surface area contributed by atoms with Gasteiger partial charge in [-0.15, -0.1) is 0 Å². The van der Waals surface area contributed by atoms with E-state index < -0.39 is 145 Å². The summed E-state index contributed by atoms with van der Waals surface area (Å²) in [4.78, 5) is 156. The van der Waals surface area contributed by atoms with E-state index in [2.05, 4.69) is 64.1 Å². The molecular formula is C40H53N15O17S. The number of carbonyl (C=O) groups excluding carboxylic acids is 5. The van der Waals surface area contributed by atoms with Crippen LogP contribution < -0.4 is 60.0 Å². The number of aliphatic hydroxyl groups excluding tert-OH is 1. The molecule has 0 fully saturated rings. The average molecular weight is 1050 g/mol. The molecule has 0 aliphatic heterocycles. The lowest BCUT2D eigenvalue weighted by molar-refractivity contribution is -0.144. The molecule has 0 saturated heterocycles. The first kappa shape index (κ1) is 58.6. The SMILES string of the molecule is NC(N)=NCCCC(NC(=O)C(CC(=O)O)NC(=O)CCC(NC(O)c1ccc(NCc2cnc3nc(N)[nH]c(=O)c3n2)cc1)C(=O)O)C(=O)NC(CC(=O)O)C(=O)NC(CC(=O)O)C(=O)NC(CS)C(=O)O. The van der Waals surface area contributed by atoms with Gasteiger partial charge in [0.25, 0.3) is 5.56 Å². The Morgan fingerprint density at radius 1 is 0.685 bits per heavy atom. The number of aliphatic hydroxyl groups is 1. The van der Waals surface area contributed by atoms with E-state index in [1.165, 1.54) is 18.3 Å². The normalized spacial score (nSPS) is 13.8. The Bertz CT molecular complexity index is 2620. The molecular weight excluding hydrogens is 995 g/mol. The zero-order chi connectivity index (χ0) is 54.5. The number of H-pyrrole nitrogens is 1. The average Bonchev–Trinajstić information content (AvgIpc) is 3.30. The van der Waals surface area contributed by atoms with Crippen LogP contribution in [0.3, 0.4) is 0 Å². The van der Waals surface area contributed by atoms with Crippen molar-refractivity contribution < 1.29 is 78.6 Å². The Kier molecular flexibility index (Phi) is 22.6. The van der Waals surface area contributed by atoms with Crippen molar-refractivity contribution in [1.82, 2.24) is 51.8 Å². The third-order valence-electron chi connectivity index (χ3n) is 9.93. The molecule has 2 aromatic heterocycles. The zero-order valence-electron chi connectivity index (χ0n) is 38.1. The number of nitrogens with zero attached hydrogens (tertiary/aromatic N) is 4. The van der Waals surface area contributed by atoms with Gasteiger partial charge in [0.15, 0.2) is 17.1 Å². The van der Waals surface area contributed by atoms with E-state index >= 15 is 0 Å². The van der Waals surface area contributed by atoms with Gasteiger partial charge in [-0.25, -0.2) is 14.8 Å². The zero-order valence-corrected chi connectivity index (χ0v) is 39.0. The summed E-state index contributed by atoms with van der Waals surface area (Å²) in [6.45, 7) is -0.0525. The van der Waals surface area contributed by atoms with E-state index in [1.54, 1.807) is 12.1 Å². The molecule has 0 aliphatic carbocycles. The lowest BCUT2D eigenvalue weighted by Gasteiger charge is -2.26. The highest BCUT2D eigenvalue weighted by Crippen LogP contribution is 2.17.